The average Bonchev–Trinajstić information content (AvgIpc) is 2.34. The molecular formula is C9H17N. The van der Waals surface area contributed by atoms with Gasteiger partial charge in [-0.25, -0.2) is 0 Å². The first-order valence-electron chi connectivity index (χ1n) is 4.19. The SMILES string of the molecule is CC[C@@H](C)C1=C(C)CCN1. The van der Waals surface area contributed by atoms with E-state index in [4.69, 9.17) is 0 Å². The van der Waals surface area contributed by atoms with Crippen molar-refractivity contribution in [1.29, 1.82) is 0 Å². The molecule has 0 aromatic heterocycles. The van der Waals surface area contributed by atoms with Gasteiger partial charge in [0.15, 0.2) is 0 Å². The standard InChI is InChI=1S/C9H17N/c1-4-7(2)9-8(3)5-6-10-9/h7,10H,4-6H2,1-3H3/t7-/m1/s1. The lowest BCUT2D eigenvalue weighted by molar-refractivity contribution is 0.609. The zero-order chi connectivity index (χ0) is 7.56. The van der Waals surface area contributed by atoms with E-state index in [1.807, 2.05) is 0 Å². The third-order valence-corrected chi connectivity index (χ3v) is 2.38. The van der Waals surface area contributed by atoms with Crippen LogP contribution in [0, 0.1) is 5.92 Å². The van der Waals surface area contributed by atoms with Gasteiger partial charge in [0.2, 0.25) is 0 Å². The number of hydrogen-bond donors (Lipinski definition) is 1. The Hall–Kier alpha value is -0.460. The quantitative estimate of drug-likeness (QED) is 0.619. The van der Waals surface area contributed by atoms with E-state index in [9.17, 15) is 0 Å². The molecule has 1 N–H and O–H groups in total. The van der Waals surface area contributed by atoms with Crippen molar-refractivity contribution in [2.24, 2.45) is 5.92 Å². The molecule has 0 unspecified atom stereocenters. The van der Waals surface area contributed by atoms with Crippen LogP contribution in [0.1, 0.15) is 33.6 Å². The maximum Gasteiger partial charge on any atom is 0.0181 e. The predicted molar refractivity (Wildman–Crippen MR) is 44.8 cm³/mol. The van der Waals surface area contributed by atoms with Gasteiger partial charge in [-0.2, -0.15) is 0 Å². The molecule has 1 aliphatic heterocycles. The molecule has 1 heterocycles. The molecular weight excluding hydrogens is 122 g/mol. The highest BCUT2D eigenvalue weighted by atomic mass is 14.9. The first kappa shape index (κ1) is 7.64. The van der Waals surface area contributed by atoms with Gasteiger partial charge in [-0.15, -0.1) is 0 Å². The predicted octanol–water partition coefficient (Wildman–Crippen LogP) is 2.30. The van der Waals surface area contributed by atoms with Crippen molar-refractivity contribution in [3.8, 4) is 0 Å². The maximum absolute atomic E-state index is 3.44. The molecule has 0 bridgehead atoms. The molecule has 0 aromatic carbocycles. The van der Waals surface area contributed by atoms with Gasteiger partial charge in [-0.05, 0) is 25.7 Å². The minimum absolute atomic E-state index is 0.738. The van der Waals surface area contributed by atoms with Crippen molar-refractivity contribution in [3.05, 3.63) is 11.3 Å². The normalized spacial score (nSPS) is 21.1. The Morgan fingerprint density at radius 3 is 2.70 bits per heavy atom. The Balaban J connectivity index is 2.61. The molecule has 0 aromatic rings. The Labute approximate surface area is 63.5 Å². The summed E-state index contributed by atoms with van der Waals surface area (Å²) in [6.07, 6.45) is 2.50. The molecule has 10 heavy (non-hydrogen) atoms. The zero-order valence-corrected chi connectivity index (χ0v) is 7.20. The van der Waals surface area contributed by atoms with Crippen molar-refractivity contribution in [3.63, 3.8) is 0 Å². The highest BCUT2D eigenvalue weighted by Gasteiger charge is 2.13. The Morgan fingerprint density at radius 2 is 2.30 bits per heavy atom. The van der Waals surface area contributed by atoms with E-state index < -0.39 is 0 Å². The summed E-state index contributed by atoms with van der Waals surface area (Å²) in [6.45, 7) is 7.93. The second kappa shape index (κ2) is 3.09. The van der Waals surface area contributed by atoms with Crippen molar-refractivity contribution < 1.29 is 0 Å². The van der Waals surface area contributed by atoms with Crippen molar-refractivity contribution in [2.45, 2.75) is 33.6 Å². The van der Waals surface area contributed by atoms with Crippen LogP contribution in [0.25, 0.3) is 0 Å². The number of allylic oxidation sites excluding steroid dienone is 1. The minimum Gasteiger partial charge on any atom is -0.388 e. The van der Waals surface area contributed by atoms with E-state index in [1.165, 1.54) is 18.5 Å². The molecule has 1 heteroatoms. The summed E-state index contributed by atoms with van der Waals surface area (Å²) in [5.74, 6) is 0.738. The van der Waals surface area contributed by atoms with Crippen molar-refractivity contribution in [1.82, 2.24) is 5.32 Å². The lowest BCUT2D eigenvalue weighted by Crippen LogP contribution is -2.13. The molecule has 0 amide bonds. The minimum atomic E-state index is 0.738. The van der Waals surface area contributed by atoms with Crippen LogP contribution in [0.4, 0.5) is 0 Å². The molecule has 0 saturated heterocycles. The highest BCUT2D eigenvalue weighted by Crippen LogP contribution is 2.21. The van der Waals surface area contributed by atoms with E-state index in [-0.39, 0.29) is 0 Å². The summed E-state index contributed by atoms with van der Waals surface area (Å²) in [5.41, 5.74) is 3.07. The second-order valence-electron chi connectivity index (χ2n) is 3.18. The van der Waals surface area contributed by atoms with Gasteiger partial charge in [-0.3, -0.25) is 0 Å². The molecule has 58 valence electrons. The van der Waals surface area contributed by atoms with Gasteiger partial charge in [-0.1, -0.05) is 19.4 Å². The van der Waals surface area contributed by atoms with Gasteiger partial charge >= 0.3 is 0 Å². The van der Waals surface area contributed by atoms with E-state index >= 15 is 0 Å². The van der Waals surface area contributed by atoms with E-state index in [1.54, 1.807) is 5.57 Å². The van der Waals surface area contributed by atoms with Gasteiger partial charge in [0.1, 0.15) is 0 Å². The van der Waals surface area contributed by atoms with E-state index in [2.05, 4.69) is 26.1 Å². The van der Waals surface area contributed by atoms with Crippen LogP contribution in [0.3, 0.4) is 0 Å². The lowest BCUT2D eigenvalue weighted by Gasteiger charge is -2.11. The Bertz CT molecular complexity index is 147. The van der Waals surface area contributed by atoms with E-state index in [0.717, 1.165) is 12.5 Å². The molecule has 1 aliphatic rings. The summed E-state index contributed by atoms with van der Waals surface area (Å²) in [6, 6.07) is 0. The van der Waals surface area contributed by atoms with Gasteiger partial charge in [0, 0.05) is 12.2 Å². The number of hydrogen-bond acceptors (Lipinski definition) is 1. The molecule has 0 spiro atoms. The fourth-order valence-corrected chi connectivity index (χ4v) is 1.47. The first-order chi connectivity index (χ1) is 4.75. The van der Waals surface area contributed by atoms with Crippen molar-refractivity contribution in [2.75, 3.05) is 6.54 Å². The van der Waals surface area contributed by atoms with Crippen LogP contribution in [0.15, 0.2) is 11.3 Å². The molecule has 1 rings (SSSR count). The van der Waals surface area contributed by atoms with Gasteiger partial charge < -0.3 is 5.32 Å². The highest BCUT2D eigenvalue weighted by molar-refractivity contribution is 5.17. The molecule has 0 radical (unpaired) electrons. The largest absolute Gasteiger partial charge is 0.388 e. The monoisotopic (exact) mass is 139 g/mol. The summed E-state index contributed by atoms with van der Waals surface area (Å²) < 4.78 is 0. The lowest BCUT2D eigenvalue weighted by atomic mass is 10.0. The maximum atomic E-state index is 3.44. The molecule has 0 fully saturated rings. The number of rotatable bonds is 2. The van der Waals surface area contributed by atoms with Crippen LogP contribution in [0.2, 0.25) is 0 Å². The van der Waals surface area contributed by atoms with E-state index in [0.29, 0.717) is 0 Å². The fourth-order valence-electron chi connectivity index (χ4n) is 1.47. The average molecular weight is 139 g/mol. The van der Waals surface area contributed by atoms with Gasteiger partial charge in [0.25, 0.3) is 0 Å². The van der Waals surface area contributed by atoms with Crippen LogP contribution >= 0.6 is 0 Å². The van der Waals surface area contributed by atoms with Crippen LogP contribution in [0.5, 0.6) is 0 Å². The third kappa shape index (κ3) is 1.34. The fraction of sp³-hybridized carbons (Fsp3) is 0.778. The Kier molecular flexibility index (Phi) is 2.36. The second-order valence-corrected chi connectivity index (χ2v) is 3.18. The zero-order valence-electron chi connectivity index (χ0n) is 7.20. The van der Waals surface area contributed by atoms with Crippen molar-refractivity contribution >= 4 is 0 Å². The third-order valence-electron chi connectivity index (χ3n) is 2.38. The molecule has 0 aliphatic carbocycles. The summed E-state index contributed by atoms with van der Waals surface area (Å²) >= 11 is 0. The summed E-state index contributed by atoms with van der Waals surface area (Å²) in [7, 11) is 0. The van der Waals surface area contributed by atoms with Gasteiger partial charge in [0.05, 0.1) is 0 Å². The topological polar surface area (TPSA) is 12.0 Å². The smallest absolute Gasteiger partial charge is 0.0181 e. The molecule has 0 saturated carbocycles. The molecule has 1 atom stereocenters. The van der Waals surface area contributed by atoms with Crippen LogP contribution in [-0.4, -0.2) is 6.54 Å². The molecule has 1 nitrogen and oxygen atoms in total. The van der Waals surface area contributed by atoms with Crippen LogP contribution in [-0.2, 0) is 0 Å². The Morgan fingerprint density at radius 1 is 1.60 bits per heavy atom. The summed E-state index contributed by atoms with van der Waals surface area (Å²) in [5, 5.41) is 3.44. The van der Waals surface area contributed by atoms with Crippen LogP contribution < -0.4 is 5.32 Å². The number of nitrogens with one attached hydrogen (secondary N) is 1. The first-order valence-corrected chi connectivity index (χ1v) is 4.19. The summed E-state index contributed by atoms with van der Waals surface area (Å²) in [4.78, 5) is 0.